The average molecular weight is 332 g/mol. The van der Waals surface area contributed by atoms with Crippen LogP contribution in [0.3, 0.4) is 0 Å². The molecule has 3 rings (SSSR count). The van der Waals surface area contributed by atoms with Gasteiger partial charge in [0, 0.05) is 28.8 Å². The largest absolute Gasteiger partial charge is 0.480 e. The van der Waals surface area contributed by atoms with Gasteiger partial charge >= 0.3 is 5.97 Å². The van der Waals surface area contributed by atoms with E-state index >= 15 is 0 Å². The lowest BCUT2D eigenvalue weighted by atomic mass is 9.97. The van der Waals surface area contributed by atoms with Crippen molar-refractivity contribution in [3.63, 3.8) is 0 Å². The Morgan fingerprint density at radius 3 is 3.05 bits per heavy atom. The Morgan fingerprint density at radius 1 is 1.55 bits per heavy atom. The lowest BCUT2D eigenvalue weighted by molar-refractivity contribution is -0.142. The second kappa shape index (κ2) is 6.14. The number of hydrogen-bond acceptors (Lipinski definition) is 3. The molecular formula is C16H16N2O2S2. The van der Waals surface area contributed by atoms with Gasteiger partial charge in [0.15, 0.2) is 0 Å². The van der Waals surface area contributed by atoms with E-state index in [4.69, 9.17) is 12.2 Å². The van der Waals surface area contributed by atoms with Crippen LogP contribution in [0.5, 0.6) is 0 Å². The van der Waals surface area contributed by atoms with E-state index in [-0.39, 0.29) is 0 Å². The topological polar surface area (TPSA) is 56.3 Å². The molecule has 2 heterocycles. The zero-order valence-electron chi connectivity index (χ0n) is 11.9. The Hall–Kier alpha value is -1.79. The molecule has 0 saturated carbocycles. The van der Waals surface area contributed by atoms with Crippen LogP contribution >= 0.6 is 24.0 Å². The van der Waals surface area contributed by atoms with E-state index in [2.05, 4.69) is 11.6 Å². The fraction of sp³-hybridized carbons (Fsp3) is 0.250. The van der Waals surface area contributed by atoms with Crippen LogP contribution in [0.2, 0.25) is 0 Å². The number of aromatic amines is 1. The highest BCUT2D eigenvalue weighted by Gasteiger charge is 2.34. The molecule has 0 fully saturated rings. The summed E-state index contributed by atoms with van der Waals surface area (Å²) in [5, 5.41) is 10.7. The van der Waals surface area contributed by atoms with E-state index in [1.807, 2.05) is 24.3 Å². The first kappa shape index (κ1) is 15.1. The van der Waals surface area contributed by atoms with Gasteiger partial charge in [0.2, 0.25) is 0 Å². The van der Waals surface area contributed by atoms with E-state index in [0.717, 1.165) is 22.2 Å². The number of hydrogen-bond donors (Lipinski definition) is 2. The van der Waals surface area contributed by atoms with Gasteiger partial charge < -0.3 is 15.0 Å². The van der Waals surface area contributed by atoms with Crippen LogP contribution in [-0.2, 0) is 17.8 Å². The number of nitrogens with one attached hydrogen (secondary N) is 1. The Balaban J connectivity index is 1.98. The number of thiocarbonyl (C=S) groups is 1. The minimum atomic E-state index is -0.836. The van der Waals surface area contributed by atoms with Gasteiger partial charge in [0.25, 0.3) is 0 Å². The van der Waals surface area contributed by atoms with Crippen molar-refractivity contribution in [2.75, 3.05) is 5.75 Å². The second-order valence-corrected chi connectivity index (χ2v) is 6.83. The van der Waals surface area contributed by atoms with Gasteiger partial charge in [-0.05, 0) is 11.6 Å². The smallest absolute Gasteiger partial charge is 0.326 e. The summed E-state index contributed by atoms with van der Waals surface area (Å²) in [7, 11) is 0. The number of thioether (sulfide) groups is 1. The number of para-hydroxylation sites is 1. The maximum absolute atomic E-state index is 11.7. The fourth-order valence-corrected chi connectivity index (χ4v) is 3.85. The Labute approximate surface area is 138 Å². The van der Waals surface area contributed by atoms with Gasteiger partial charge in [-0.15, -0.1) is 6.58 Å². The zero-order valence-corrected chi connectivity index (χ0v) is 13.5. The number of benzene rings is 1. The van der Waals surface area contributed by atoms with Crippen molar-refractivity contribution < 1.29 is 9.90 Å². The summed E-state index contributed by atoms with van der Waals surface area (Å²) in [6, 6.07) is 7.38. The van der Waals surface area contributed by atoms with E-state index in [1.54, 1.807) is 11.0 Å². The second-order valence-electron chi connectivity index (χ2n) is 5.18. The lowest BCUT2D eigenvalue weighted by Gasteiger charge is -2.34. The number of H-pyrrole nitrogens is 1. The third-order valence-electron chi connectivity index (χ3n) is 3.85. The first-order valence-electron chi connectivity index (χ1n) is 6.97. The molecular weight excluding hydrogens is 316 g/mol. The quantitative estimate of drug-likeness (QED) is 0.668. The molecule has 1 aromatic carbocycles. The first-order chi connectivity index (χ1) is 10.6. The minimum Gasteiger partial charge on any atom is -0.480 e. The van der Waals surface area contributed by atoms with Gasteiger partial charge in [-0.3, -0.25) is 0 Å². The van der Waals surface area contributed by atoms with Crippen LogP contribution in [0, 0.1) is 0 Å². The highest BCUT2D eigenvalue weighted by atomic mass is 32.2. The maximum Gasteiger partial charge on any atom is 0.326 e. The number of fused-ring (bicyclic) bond motifs is 3. The highest BCUT2D eigenvalue weighted by molar-refractivity contribution is 8.23. The fourth-order valence-electron chi connectivity index (χ4n) is 2.83. The first-order valence-corrected chi connectivity index (χ1v) is 8.36. The standard InChI is InChI=1S/C16H16N2O2S2/c1-2-7-22-16(21)18-9-13-11(8-14(18)15(19)20)10-5-3-4-6-12(10)17-13/h2-6,14,17H,1,7-9H2,(H,19,20). The van der Waals surface area contributed by atoms with Crippen molar-refractivity contribution >= 4 is 45.2 Å². The molecule has 0 radical (unpaired) electrons. The molecule has 0 spiro atoms. The summed E-state index contributed by atoms with van der Waals surface area (Å²) in [6.45, 7) is 4.18. The van der Waals surface area contributed by atoms with Crippen molar-refractivity contribution in [1.82, 2.24) is 9.88 Å². The van der Waals surface area contributed by atoms with Crippen LogP contribution < -0.4 is 0 Å². The molecule has 1 aliphatic rings. The zero-order chi connectivity index (χ0) is 15.7. The van der Waals surface area contributed by atoms with Crippen molar-refractivity contribution in [2.24, 2.45) is 0 Å². The molecule has 0 aliphatic carbocycles. The molecule has 114 valence electrons. The van der Waals surface area contributed by atoms with Gasteiger partial charge in [-0.25, -0.2) is 4.79 Å². The molecule has 1 aromatic heterocycles. The lowest BCUT2D eigenvalue weighted by Crippen LogP contribution is -2.47. The number of aliphatic carboxylic acids is 1. The van der Waals surface area contributed by atoms with Crippen molar-refractivity contribution in [3.8, 4) is 0 Å². The molecule has 0 amide bonds. The van der Waals surface area contributed by atoms with E-state index in [0.29, 0.717) is 23.0 Å². The summed E-state index contributed by atoms with van der Waals surface area (Å²) in [5.74, 6) is -0.154. The molecule has 0 bridgehead atoms. The predicted octanol–water partition coefficient (Wildman–Crippen LogP) is 3.18. The Morgan fingerprint density at radius 2 is 2.32 bits per heavy atom. The summed E-state index contributed by atoms with van der Waals surface area (Å²) in [5.41, 5.74) is 3.19. The summed E-state index contributed by atoms with van der Waals surface area (Å²) >= 11 is 6.86. The van der Waals surface area contributed by atoms with Crippen LogP contribution in [0.25, 0.3) is 10.9 Å². The molecule has 22 heavy (non-hydrogen) atoms. The third kappa shape index (κ3) is 2.64. The van der Waals surface area contributed by atoms with Crippen molar-refractivity contribution in [1.29, 1.82) is 0 Å². The van der Waals surface area contributed by atoms with Gasteiger partial charge in [0.1, 0.15) is 10.4 Å². The Kier molecular flexibility index (Phi) is 4.22. The number of carboxylic acids is 1. The summed E-state index contributed by atoms with van der Waals surface area (Å²) in [4.78, 5) is 16.9. The monoisotopic (exact) mass is 332 g/mol. The molecule has 1 atom stereocenters. The molecule has 0 saturated heterocycles. The number of carbonyl (C=O) groups is 1. The minimum absolute atomic E-state index is 0.462. The van der Waals surface area contributed by atoms with Crippen molar-refractivity contribution in [2.45, 2.75) is 19.0 Å². The molecule has 4 nitrogen and oxygen atoms in total. The van der Waals surface area contributed by atoms with Crippen LogP contribution in [0.1, 0.15) is 11.3 Å². The van der Waals surface area contributed by atoms with E-state index in [9.17, 15) is 9.90 Å². The number of nitrogens with zero attached hydrogens (tertiary/aromatic N) is 1. The number of carboxylic acid groups (broad SMARTS) is 1. The molecule has 6 heteroatoms. The van der Waals surface area contributed by atoms with Crippen LogP contribution in [0.4, 0.5) is 0 Å². The Bertz CT molecular complexity index is 754. The van der Waals surface area contributed by atoms with Crippen LogP contribution in [0.15, 0.2) is 36.9 Å². The average Bonchev–Trinajstić information content (AvgIpc) is 2.88. The van der Waals surface area contributed by atoms with E-state index in [1.165, 1.54) is 11.8 Å². The highest BCUT2D eigenvalue weighted by Crippen LogP contribution is 2.31. The molecule has 2 aromatic rings. The SMILES string of the molecule is C=CCSC(=S)N1Cc2[nH]c3ccccc3c2CC1C(=O)O. The van der Waals surface area contributed by atoms with Gasteiger partial charge in [-0.1, -0.05) is 48.3 Å². The van der Waals surface area contributed by atoms with Crippen molar-refractivity contribution in [3.05, 3.63) is 48.2 Å². The molecule has 1 aliphatic heterocycles. The van der Waals surface area contributed by atoms with Gasteiger partial charge in [0.05, 0.1) is 6.54 Å². The predicted molar refractivity (Wildman–Crippen MR) is 94.2 cm³/mol. The summed E-state index contributed by atoms with van der Waals surface area (Å²) < 4.78 is 0.608. The summed E-state index contributed by atoms with van der Waals surface area (Å²) in [6.07, 6.45) is 2.23. The maximum atomic E-state index is 11.7. The normalized spacial score (nSPS) is 17.3. The number of rotatable bonds is 3. The van der Waals surface area contributed by atoms with Crippen LogP contribution in [-0.4, -0.2) is 37.1 Å². The molecule has 1 unspecified atom stereocenters. The third-order valence-corrected chi connectivity index (χ3v) is 5.32. The van der Waals surface area contributed by atoms with Gasteiger partial charge in [-0.2, -0.15) is 0 Å². The number of aromatic nitrogens is 1. The van der Waals surface area contributed by atoms with E-state index < -0.39 is 12.0 Å². The molecule has 2 N–H and O–H groups in total.